The number of hydrogen-bond donors (Lipinski definition) is 1. The van der Waals surface area contributed by atoms with Crippen LogP contribution in [-0.2, 0) is 11.4 Å². The number of carbonyl (C=O) groups is 1. The third-order valence-corrected chi connectivity index (χ3v) is 5.74. The Morgan fingerprint density at radius 3 is 2.39 bits per heavy atom. The molecule has 0 aliphatic heterocycles. The summed E-state index contributed by atoms with van der Waals surface area (Å²) in [7, 11) is 0. The van der Waals surface area contributed by atoms with Crippen molar-refractivity contribution < 1.29 is 9.53 Å². The van der Waals surface area contributed by atoms with E-state index in [1.807, 2.05) is 80.6 Å². The average Bonchev–Trinajstić information content (AvgIpc) is 2.74. The quantitative estimate of drug-likeness (QED) is 0.272. The highest BCUT2D eigenvalue weighted by atomic mass is 79.9. The maximum absolute atomic E-state index is 12.7. The van der Waals surface area contributed by atoms with E-state index in [1.54, 1.807) is 6.08 Å². The van der Waals surface area contributed by atoms with E-state index >= 15 is 0 Å². The summed E-state index contributed by atoms with van der Waals surface area (Å²) < 4.78 is 7.37. The molecule has 0 aromatic heterocycles. The first-order chi connectivity index (χ1) is 14.9. The number of nitriles is 1. The van der Waals surface area contributed by atoms with E-state index in [1.165, 1.54) is 0 Å². The number of rotatable bonds is 6. The Morgan fingerprint density at radius 1 is 1.06 bits per heavy atom. The fraction of sp³-hybridized carbons (Fsp3) is 0.120. The molecule has 0 radical (unpaired) electrons. The molecule has 0 spiro atoms. The van der Waals surface area contributed by atoms with E-state index in [0.29, 0.717) is 23.6 Å². The second-order valence-electron chi connectivity index (χ2n) is 7.03. The molecule has 4 nitrogen and oxygen atoms in total. The molecule has 3 rings (SSSR count). The van der Waals surface area contributed by atoms with Crippen molar-refractivity contribution in [2.45, 2.75) is 20.5 Å². The highest BCUT2D eigenvalue weighted by Crippen LogP contribution is 2.36. The van der Waals surface area contributed by atoms with Gasteiger partial charge in [-0.15, -0.1) is 0 Å². The molecule has 0 fully saturated rings. The first kappa shape index (κ1) is 22.8. The molecule has 1 N–H and O–H groups in total. The van der Waals surface area contributed by atoms with Crippen molar-refractivity contribution in [3.63, 3.8) is 0 Å². The largest absolute Gasteiger partial charge is 0.487 e. The predicted octanol–water partition coefficient (Wildman–Crippen LogP) is 6.95. The number of ether oxygens (including phenoxy) is 1. The number of halogens is 2. The zero-order valence-corrected chi connectivity index (χ0v) is 20.2. The lowest BCUT2D eigenvalue weighted by Crippen LogP contribution is -2.14. The number of benzene rings is 3. The van der Waals surface area contributed by atoms with Gasteiger partial charge in [-0.05, 0) is 92.2 Å². The number of amides is 1. The molecular weight excluding hydrogens is 520 g/mol. The summed E-state index contributed by atoms with van der Waals surface area (Å²) in [6, 6.07) is 21.3. The highest BCUT2D eigenvalue weighted by Gasteiger charge is 2.13. The molecule has 6 heteroatoms. The van der Waals surface area contributed by atoms with E-state index in [2.05, 4.69) is 37.2 Å². The van der Waals surface area contributed by atoms with Crippen molar-refractivity contribution in [2.75, 3.05) is 5.32 Å². The summed E-state index contributed by atoms with van der Waals surface area (Å²) in [4.78, 5) is 12.7. The van der Waals surface area contributed by atoms with Crippen LogP contribution in [0.5, 0.6) is 5.75 Å². The summed E-state index contributed by atoms with van der Waals surface area (Å²) in [6.07, 6.45) is 1.55. The predicted molar refractivity (Wildman–Crippen MR) is 131 cm³/mol. The number of anilines is 1. The Balaban J connectivity index is 1.79. The number of nitrogens with zero attached hydrogens (tertiary/aromatic N) is 1. The van der Waals surface area contributed by atoms with Crippen LogP contribution in [0.4, 0.5) is 5.69 Å². The second kappa shape index (κ2) is 10.4. The van der Waals surface area contributed by atoms with Gasteiger partial charge in [0.1, 0.15) is 24.0 Å². The summed E-state index contributed by atoms with van der Waals surface area (Å²) in [5, 5.41) is 12.4. The molecule has 0 heterocycles. The van der Waals surface area contributed by atoms with Gasteiger partial charge < -0.3 is 10.1 Å². The van der Waals surface area contributed by atoms with Gasteiger partial charge in [-0.3, -0.25) is 4.79 Å². The molecule has 3 aromatic rings. The van der Waals surface area contributed by atoms with Gasteiger partial charge in [0.15, 0.2) is 0 Å². The first-order valence-electron chi connectivity index (χ1n) is 9.53. The van der Waals surface area contributed by atoms with Gasteiger partial charge in [0.25, 0.3) is 5.91 Å². The zero-order valence-electron chi connectivity index (χ0n) is 17.1. The van der Waals surface area contributed by atoms with Gasteiger partial charge in [0, 0.05) is 5.69 Å². The lowest BCUT2D eigenvalue weighted by atomic mass is 10.1. The van der Waals surface area contributed by atoms with Crippen molar-refractivity contribution in [3.8, 4) is 11.8 Å². The molecule has 3 aromatic carbocycles. The van der Waals surface area contributed by atoms with E-state index in [9.17, 15) is 10.1 Å². The molecular formula is C25H20Br2N2O2. The van der Waals surface area contributed by atoms with Crippen LogP contribution >= 0.6 is 31.9 Å². The SMILES string of the molecule is Cc1ccc(C)c(NC(=O)/C(C#N)=C/c2cc(Br)c(OCc3ccccc3)c(Br)c2)c1. The number of aryl methyl sites for hydroxylation is 2. The Hall–Kier alpha value is -2.88. The Bertz CT molecular complexity index is 1160. The van der Waals surface area contributed by atoms with Gasteiger partial charge in [-0.1, -0.05) is 42.5 Å². The fourth-order valence-corrected chi connectivity index (χ4v) is 4.36. The van der Waals surface area contributed by atoms with Crippen LogP contribution in [-0.4, -0.2) is 5.91 Å². The Morgan fingerprint density at radius 2 is 1.74 bits per heavy atom. The van der Waals surface area contributed by atoms with Gasteiger partial charge in [0.05, 0.1) is 8.95 Å². The normalized spacial score (nSPS) is 11.0. The summed E-state index contributed by atoms with van der Waals surface area (Å²) in [5.41, 5.74) is 4.42. The molecule has 0 saturated heterocycles. The zero-order chi connectivity index (χ0) is 22.4. The summed E-state index contributed by atoms with van der Waals surface area (Å²) >= 11 is 7.05. The molecule has 0 aliphatic carbocycles. The third kappa shape index (κ3) is 6.06. The standard InChI is InChI=1S/C25H20Br2N2O2/c1-16-8-9-17(2)23(10-16)29-25(30)20(14-28)11-19-12-21(26)24(22(27)13-19)31-15-18-6-4-3-5-7-18/h3-13H,15H2,1-2H3,(H,29,30)/b20-11+. The van der Waals surface area contributed by atoms with Crippen LogP contribution in [0, 0.1) is 25.2 Å². The van der Waals surface area contributed by atoms with Crippen molar-refractivity contribution in [3.05, 3.63) is 97.4 Å². The van der Waals surface area contributed by atoms with Crippen LogP contribution in [0.25, 0.3) is 6.08 Å². The number of carbonyl (C=O) groups excluding carboxylic acids is 1. The summed E-state index contributed by atoms with van der Waals surface area (Å²) in [6.45, 7) is 4.29. The van der Waals surface area contributed by atoms with Crippen molar-refractivity contribution >= 4 is 49.5 Å². The maximum atomic E-state index is 12.7. The van der Waals surface area contributed by atoms with Gasteiger partial charge >= 0.3 is 0 Å². The molecule has 0 atom stereocenters. The molecule has 0 saturated carbocycles. The van der Waals surface area contributed by atoms with Gasteiger partial charge in [-0.2, -0.15) is 5.26 Å². The van der Waals surface area contributed by atoms with Crippen molar-refractivity contribution in [1.82, 2.24) is 0 Å². The minimum atomic E-state index is -0.451. The fourth-order valence-electron chi connectivity index (χ4n) is 2.91. The first-order valence-corrected chi connectivity index (χ1v) is 11.1. The molecule has 31 heavy (non-hydrogen) atoms. The van der Waals surface area contributed by atoms with Gasteiger partial charge in [-0.25, -0.2) is 0 Å². The Labute approximate surface area is 198 Å². The van der Waals surface area contributed by atoms with Gasteiger partial charge in [0.2, 0.25) is 0 Å². The van der Waals surface area contributed by atoms with Crippen LogP contribution < -0.4 is 10.1 Å². The van der Waals surface area contributed by atoms with E-state index in [0.717, 1.165) is 25.6 Å². The number of hydrogen-bond acceptors (Lipinski definition) is 3. The van der Waals surface area contributed by atoms with Crippen LogP contribution in [0.3, 0.4) is 0 Å². The van der Waals surface area contributed by atoms with Crippen molar-refractivity contribution in [1.29, 1.82) is 5.26 Å². The molecule has 0 unspecified atom stereocenters. The van der Waals surface area contributed by atoms with Crippen molar-refractivity contribution in [2.24, 2.45) is 0 Å². The van der Waals surface area contributed by atoms with Crippen LogP contribution in [0.1, 0.15) is 22.3 Å². The molecule has 1 amide bonds. The van der Waals surface area contributed by atoms with E-state index in [4.69, 9.17) is 4.74 Å². The van der Waals surface area contributed by atoms with Crippen LogP contribution in [0.2, 0.25) is 0 Å². The molecule has 0 bridgehead atoms. The molecule has 0 aliphatic rings. The topological polar surface area (TPSA) is 62.1 Å². The third-order valence-electron chi connectivity index (χ3n) is 4.56. The Kier molecular flexibility index (Phi) is 7.67. The second-order valence-corrected chi connectivity index (χ2v) is 8.74. The summed E-state index contributed by atoms with van der Waals surface area (Å²) in [5.74, 6) is 0.201. The maximum Gasteiger partial charge on any atom is 0.266 e. The van der Waals surface area contributed by atoms with Crippen LogP contribution in [0.15, 0.2) is 75.2 Å². The molecule has 156 valence electrons. The minimum absolute atomic E-state index is 0.0117. The lowest BCUT2D eigenvalue weighted by Gasteiger charge is -2.12. The smallest absolute Gasteiger partial charge is 0.266 e. The highest BCUT2D eigenvalue weighted by molar-refractivity contribution is 9.11. The lowest BCUT2D eigenvalue weighted by molar-refractivity contribution is -0.112. The minimum Gasteiger partial charge on any atom is -0.487 e. The van der Waals surface area contributed by atoms with E-state index in [-0.39, 0.29) is 5.57 Å². The monoisotopic (exact) mass is 538 g/mol. The van der Waals surface area contributed by atoms with E-state index < -0.39 is 5.91 Å². The average molecular weight is 540 g/mol. The number of nitrogens with one attached hydrogen (secondary N) is 1.